The van der Waals surface area contributed by atoms with Crippen LogP contribution in [0.1, 0.15) is 308 Å². The first-order valence-electron chi connectivity index (χ1n) is 33.2. The van der Waals surface area contributed by atoms with Gasteiger partial charge in [0.2, 0.25) is 0 Å². The van der Waals surface area contributed by atoms with Gasteiger partial charge in [-0.25, -0.2) is 0 Å². The summed E-state index contributed by atoms with van der Waals surface area (Å²) in [5.74, 6) is 2.43. The fourth-order valence-corrected chi connectivity index (χ4v) is 22.9. The molecule has 6 N–H and O–H groups in total. The predicted molar refractivity (Wildman–Crippen MR) is 356 cm³/mol. The molecule has 6 aliphatic heterocycles. The fourth-order valence-electron chi connectivity index (χ4n) is 17.2. The molecular formula is C76H114N4O4Sn. The van der Waals surface area contributed by atoms with Gasteiger partial charge in [-0.1, -0.05) is 0 Å². The van der Waals surface area contributed by atoms with E-state index in [4.69, 9.17) is 0 Å². The summed E-state index contributed by atoms with van der Waals surface area (Å²) in [6.45, 7) is 54.6. The number of fused-ring (bicyclic) bond motifs is 4. The molecule has 6 heterocycles. The third kappa shape index (κ3) is 11.9. The number of benzene rings is 4. The second-order valence-corrected chi connectivity index (χ2v) is 39.7. The van der Waals surface area contributed by atoms with E-state index in [1.54, 1.807) is 0 Å². The molecule has 4 aromatic carbocycles. The number of phenolic OH excluding ortho intramolecular Hbond substituents is 4. The molecule has 0 spiro atoms. The normalized spacial score (nSPS) is 29.2. The van der Waals surface area contributed by atoms with Gasteiger partial charge in [0.15, 0.2) is 0 Å². The number of hydrogen-bond donors (Lipinski definition) is 6. The molecular weight excluding hydrogens is 1150 g/mol. The van der Waals surface area contributed by atoms with Gasteiger partial charge in [-0.15, -0.1) is 0 Å². The van der Waals surface area contributed by atoms with Gasteiger partial charge in [0.05, 0.1) is 0 Å². The average molecular weight is 1270 g/mol. The Balaban J connectivity index is 1.31. The van der Waals surface area contributed by atoms with Crippen LogP contribution in [0.3, 0.4) is 0 Å². The van der Waals surface area contributed by atoms with Crippen molar-refractivity contribution in [3.05, 3.63) is 115 Å². The molecule has 0 amide bonds. The Hall–Kier alpha value is -3.28. The van der Waals surface area contributed by atoms with Crippen LogP contribution in [0, 0.1) is 0 Å². The van der Waals surface area contributed by atoms with E-state index in [0.29, 0.717) is 23.0 Å². The van der Waals surface area contributed by atoms with Gasteiger partial charge >= 0.3 is 530 Å². The molecule has 85 heavy (non-hydrogen) atoms. The van der Waals surface area contributed by atoms with Crippen molar-refractivity contribution in [2.45, 2.75) is 333 Å². The van der Waals surface area contributed by atoms with Crippen LogP contribution in [0.5, 0.6) is 23.0 Å². The first-order valence-corrected chi connectivity index (χ1v) is 35.8. The van der Waals surface area contributed by atoms with Gasteiger partial charge in [-0.2, -0.15) is 0 Å². The predicted octanol–water partition coefficient (Wildman–Crippen LogP) is 16.8. The number of rotatable bonds is 4. The van der Waals surface area contributed by atoms with Crippen LogP contribution in [0.4, 0.5) is 0 Å². The van der Waals surface area contributed by atoms with E-state index in [-0.39, 0.29) is 115 Å². The van der Waals surface area contributed by atoms with Gasteiger partial charge in [0.25, 0.3) is 0 Å². The van der Waals surface area contributed by atoms with E-state index in [9.17, 15) is 20.4 Å². The van der Waals surface area contributed by atoms with Crippen LogP contribution < -0.4 is 10.6 Å². The summed E-state index contributed by atoms with van der Waals surface area (Å²) in [6.07, 6.45) is 8.64. The zero-order valence-electron chi connectivity index (χ0n) is 57.4. The Morgan fingerprint density at radius 3 is 0.576 bits per heavy atom. The zero-order valence-corrected chi connectivity index (χ0v) is 60.2. The topological polar surface area (TPSA) is 111 Å². The summed E-state index contributed by atoms with van der Waals surface area (Å²) >= 11 is -1.80. The third-order valence-corrected chi connectivity index (χ3v) is 26.6. The van der Waals surface area contributed by atoms with Crippen molar-refractivity contribution in [3.63, 3.8) is 0 Å². The molecule has 8 nitrogen and oxygen atoms in total. The minimum absolute atomic E-state index is 0.159. The van der Waals surface area contributed by atoms with E-state index in [0.717, 1.165) is 95.9 Å². The van der Waals surface area contributed by atoms with Crippen molar-refractivity contribution < 1.29 is 20.4 Å². The number of hydrogen-bond acceptors (Lipinski definition) is 8. The van der Waals surface area contributed by atoms with E-state index < -0.39 is 21.7 Å². The van der Waals surface area contributed by atoms with Crippen LogP contribution in [0.2, 0.25) is 0 Å². The standard InChI is InChI=1S/C76H114N4O4.Sn/c1-69(2,3)45-33-41(34-46(65(45)81)70(4,5)6)61-53-25-27-55(77-53)62(42-35-47(71(7,8)9)66(82)48(36-42)72(10,11)12)57-29-31-59(79-57)64(44-39-51(75(19,20)21)68(84)52(40-44)76(22,23)24)60-32-30-58(80-60)63(56-28-26-54(61)78-56)43-37-49(73(13,14)15)67(83)50(38-43)74(16,17)18;/h33-40,53-64,77,80-84H,25-32H2,1-24H3;/q-2;+2. The SMILES string of the molecule is CC(C)(C)c1cc(C2C3CCC(N3)C(c3cc(C(C)(C)C)c(O)c(C(C)(C)C)c3)C3CCC4C(c5cc(C(C)(C)C)c(O)c(C(C)(C)C)c5)C5CCC(N5)C(c5cc(C(C)(C)C)c(O)c(C(C)(C)C)c5)C5CCC2[N]5[Sn][N]34)cc(C(C)(C)C)c1O. The Morgan fingerprint density at radius 2 is 0.435 bits per heavy atom. The Morgan fingerprint density at radius 1 is 0.282 bits per heavy atom. The number of aromatic hydroxyl groups is 4. The molecule has 9 heteroatoms. The second-order valence-electron chi connectivity index (χ2n) is 36.2. The van der Waals surface area contributed by atoms with Crippen molar-refractivity contribution in [3.8, 4) is 23.0 Å². The average Bonchev–Trinajstić information content (AvgIpc) is 1.88. The van der Waals surface area contributed by atoms with Crippen LogP contribution in [0.15, 0.2) is 48.5 Å². The van der Waals surface area contributed by atoms with E-state index in [1.165, 1.54) is 22.3 Å². The Labute approximate surface area is 526 Å². The molecule has 6 aliphatic rings. The summed E-state index contributed by atoms with van der Waals surface area (Å²) in [4.78, 5) is 0. The maximum atomic E-state index is 12.5. The van der Waals surface area contributed by atoms with Crippen LogP contribution in [-0.2, 0) is 43.3 Å². The molecule has 6 bridgehead atoms. The van der Waals surface area contributed by atoms with Crippen molar-refractivity contribution in [2.75, 3.05) is 0 Å². The zero-order chi connectivity index (χ0) is 62.8. The van der Waals surface area contributed by atoms with Gasteiger partial charge < -0.3 is 0 Å². The first-order chi connectivity index (χ1) is 38.9. The number of nitrogens with one attached hydrogen (secondary N) is 2. The molecule has 2 radical (unpaired) electrons. The Bertz CT molecular complexity index is 2620. The van der Waals surface area contributed by atoms with Crippen molar-refractivity contribution in [1.29, 1.82) is 0 Å². The number of nitrogens with zero attached hydrogens (tertiary/aromatic N) is 2. The first kappa shape index (κ1) is 64.7. The van der Waals surface area contributed by atoms with Gasteiger partial charge in [-0.3, -0.25) is 0 Å². The summed E-state index contributed by atoms with van der Waals surface area (Å²) in [5, 5.41) is 59.2. The fraction of sp³-hybridized carbons (Fsp3) is 0.684. The summed E-state index contributed by atoms with van der Waals surface area (Å²) < 4.78 is 6.49. The summed E-state index contributed by atoms with van der Waals surface area (Å²) in [5.41, 5.74) is 11.5. The second kappa shape index (κ2) is 21.7. The molecule has 0 saturated carbocycles. The molecule has 466 valence electrons. The Kier molecular flexibility index (Phi) is 16.5. The molecule has 10 rings (SSSR count). The summed E-state index contributed by atoms with van der Waals surface area (Å²) in [6, 6.07) is 21.5. The van der Waals surface area contributed by atoms with Crippen LogP contribution in [0.25, 0.3) is 0 Å². The van der Waals surface area contributed by atoms with Crippen LogP contribution in [-0.4, -0.2) is 96.7 Å². The molecule has 0 aromatic heterocycles. The molecule has 12 unspecified atom stereocenters. The number of phenols is 4. The third-order valence-electron chi connectivity index (χ3n) is 21.5. The quantitative estimate of drug-likeness (QED) is 0.112. The van der Waals surface area contributed by atoms with Gasteiger partial charge in [0, 0.05) is 0 Å². The molecule has 12 atom stereocenters. The van der Waals surface area contributed by atoms with Gasteiger partial charge in [0.1, 0.15) is 0 Å². The molecule has 6 saturated heterocycles. The van der Waals surface area contributed by atoms with Gasteiger partial charge in [-0.05, 0) is 0 Å². The van der Waals surface area contributed by atoms with Crippen molar-refractivity contribution in [2.24, 2.45) is 0 Å². The van der Waals surface area contributed by atoms with E-state index in [1.807, 2.05) is 0 Å². The van der Waals surface area contributed by atoms with E-state index in [2.05, 4.69) is 232 Å². The van der Waals surface area contributed by atoms with E-state index >= 15 is 0 Å². The molecule has 0 aliphatic carbocycles. The van der Waals surface area contributed by atoms with Crippen molar-refractivity contribution >= 4 is 21.7 Å². The molecule has 4 aromatic rings. The minimum atomic E-state index is -1.80. The van der Waals surface area contributed by atoms with Crippen molar-refractivity contribution in [1.82, 2.24) is 16.9 Å². The van der Waals surface area contributed by atoms with Crippen LogP contribution >= 0.6 is 0 Å². The summed E-state index contributed by atoms with van der Waals surface area (Å²) in [7, 11) is 0. The monoisotopic (exact) mass is 1270 g/mol. The maximum absolute atomic E-state index is 12.5. The molecule has 6 fully saturated rings.